The number of thioether (sulfide) groups is 1. The van der Waals surface area contributed by atoms with Gasteiger partial charge in [-0.1, -0.05) is 19.4 Å². The summed E-state index contributed by atoms with van der Waals surface area (Å²) in [6, 6.07) is 3.90. The lowest BCUT2D eigenvalue weighted by molar-refractivity contribution is -0.137. The van der Waals surface area contributed by atoms with Gasteiger partial charge in [0.05, 0.1) is 5.56 Å². The van der Waals surface area contributed by atoms with Crippen LogP contribution < -0.4 is 5.73 Å². The fourth-order valence-electron chi connectivity index (χ4n) is 2.85. The van der Waals surface area contributed by atoms with E-state index in [-0.39, 0.29) is 6.54 Å². The minimum Gasteiger partial charge on any atom is -0.326 e. The Labute approximate surface area is 128 Å². The summed E-state index contributed by atoms with van der Waals surface area (Å²) in [4.78, 5) is 0.701. The van der Waals surface area contributed by atoms with E-state index in [0.29, 0.717) is 10.1 Å². The number of alkyl halides is 3. The van der Waals surface area contributed by atoms with Crippen molar-refractivity contribution in [2.45, 2.75) is 61.9 Å². The van der Waals surface area contributed by atoms with Gasteiger partial charge in [-0.15, -0.1) is 11.8 Å². The molecule has 1 nitrogen and oxygen atoms in total. The van der Waals surface area contributed by atoms with Gasteiger partial charge in [0.15, 0.2) is 0 Å². The highest BCUT2D eigenvalue weighted by Gasteiger charge is 2.31. The van der Waals surface area contributed by atoms with E-state index in [1.165, 1.54) is 31.4 Å². The van der Waals surface area contributed by atoms with Crippen LogP contribution in [0.2, 0.25) is 0 Å². The molecule has 1 saturated carbocycles. The third-order valence-electron chi connectivity index (χ3n) is 4.28. The maximum Gasteiger partial charge on any atom is 0.416 e. The largest absolute Gasteiger partial charge is 0.416 e. The summed E-state index contributed by atoms with van der Waals surface area (Å²) in [7, 11) is 0. The van der Waals surface area contributed by atoms with Gasteiger partial charge in [-0.25, -0.2) is 0 Å². The van der Waals surface area contributed by atoms with E-state index in [9.17, 15) is 13.2 Å². The van der Waals surface area contributed by atoms with Crippen molar-refractivity contribution in [3.05, 3.63) is 29.3 Å². The molecule has 0 bridgehead atoms. The molecule has 1 aliphatic carbocycles. The van der Waals surface area contributed by atoms with Gasteiger partial charge < -0.3 is 5.73 Å². The molecule has 2 N–H and O–H groups in total. The van der Waals surface area contributed by atoms with Crippen molar-refractivity contribution >= 4 is 11.8 Å². The fraction of sp³-hybridized carbons (Fsp3) is 0.625. The van der Waals surface area contributed by atoms with Crippen molar-refractivity contribution < 1.29 is 13.2 Å². The molecule has 0 amide bonds. The first-order valence-electron chi connectivity index (χ1n) is 7.50. The van der Waals surface area contributed by atoms with Crippen molar-refractivity contribution in [2.24, 2.45) is 11.7 Å². The van der Waals surface area contributed by atoms with E-state index in [0.717, 1.165) is 30.4 Å². The molecular formula is C16H22F3NS. The summed E-state index contributed by atoms with van der Waals surface area (Å²) in [5.41, 5.74) is 5.90. The van der Waals surface area contributed by atoms with Crippen molar-refractivity contribution in [3.63, 3.8) is 0 Å². The van der Waals surface area contributed by atoms with Crippen LogP contribution in [0.3, 0.4) is 0 Å². The van der Waals surface area contributed by atoms with Crippen molar-refractivity contribution in [3.8, 4) is 0 Å². The predicted molar refractivity (Wildman–Crippen MR) is 81.2 cm³/mol. The first kappa shape index (κ1) is 16.7. The summed E-state index contributed by atoms with van der Waals surface area (Å²) >= 11 is 1.58. The zero-order valence-corrected chi connectivity index (χ0v) is 13.1. The topological polar surface area (TPSA) is 26.0 Å². The van der Waals surface area contributed by atoms with Gasteiger partial charge in [0.1, 0.15) is 0 Å². The van der Waals surface area contributed by atoms with E-state index >= 15 is 0 Å². The lowest BCUT2D eigenvalue weighted by Gasteiger charge is -2.28. The molecule has 0 aliphatic heterocycles. The molecule has 0 atom stereocenters. The number of hydrogen-bond acceptors (Lipinski definition) is 2. The van der Waals surface area contributed by atoms with E-state index < -0.39 is 11.7 Å². The minimum atomic E-state index is -4.29. The van der Waals surface area contributed by atoms with Crippen LogP contribution in [-0.4, -0.2) is 5.25 Å². The van der Waals surface area contributed by atoms with Crippen LogP contribution in [0.1, 0.15) is 50.2 Å². The summed E-state index contributed by atoms with van der Waals surface area (Å²) < 4.78 is 38.5. The molecule has 0 aromatic heterocycles. The third kappa shape index (κ3) is 4.39. The summed E-state index contributed by atoms with van der Waals surface area (Å²) in [6.07, 6.45) is 1.46. The molecule has 0 radical (unpaired) electrons. The normalized spacial score (nSPS) is 23.3. The smallest absolute Gasteiger partial charge is 0.326 e. The molecule has 1 aromatic carbocycles. The average molecular weight is 317 g/mol. The van der Waals surface area contributed by atoms with Crippen molar-refractivity contribution in [1.82, 2.24) is 0 Å². The second-order valence-electron chi connectivity index (χ2n) is 5.69. The average Bonchev–Trinajstić information content (AvgIpc) is 2.47. The summed E-state index contributed by atoms with van der Waals surface area (Å²) in [5, 5.41) is 0.418. The lowest BCUT2D eigenvalue weighted by Crippen LogP contribution is -2.16. The molecule has 118 valence electrons. The van der Waals surface area contributed by atoms with Crippen LogP contribution in [0.4, 0.5) is 13.2 Å². The monoisotopic (exact) mass is 317 g/mol. The van der Waals surface area contributed by atoms with E-state index in [1.54, 1.807) is 11.8 Å². The second-order valence-corrected chi connectivity index (χ2v) is 7.04. The number of nitrogens with two attached hydrogens (primary N) is 1. The molecule has 0 spiro atoms. The van der Waals surface area contributed by atoms with E-state index in [1.807, 2.05) is 0 Å². The van der Waals surface area contributed by atoms with Gasteiger partial charge in [0.25, 0.3) is 0 Å². The zero-order valence-electron chi connectivity index (χ0n) is 12.2. The Kier molecular flexibility index (Phi) is 5.60. The highest BCUT2D eigenvalue weighted by molar-refractivity contribution is 8.00. The van der Waals surface area contributed by atoms with Crippen molar-refractivity contribution in [1.29, 1.82) is 0 Å². The van der Waals surface area contributed by atoms with Crippen LogP contribution >= 0.6 is 11.8 Å². The Morgan fingerprint density at radius 2 is 1.86 bits per heavy atom. The molecule has 5 heteroatoms. The minimum absolute atomic E-state index is 0.283. The summed E-state index contributed by atoms with van der Waals surface area (Å²) in [5.74, 6) is 0.789. The Morgan fingerprint density at radius 3 is 2.38 bits per heavy atom. The van der Waals surface area contributed by atoms with Crippen LogP contribution in [0.15, 0.2) is 23.1 Å². The van der Waals surface area contributed by atoms with E-state index in [2.05, 4.69) is 6.92 Å². The van der Waals surface area contributed by atoms with Crippen LogP contribution in [0.25, 0.3) is 0 Å². The number of rotatable bonds is 4. The Balaban J connectivity index is 2.11. The SMILES string of the molecule is CCC1CCC(Sc2cc(C(F)(F)F)ccc2CN)CC1. The van der Waals surface area contributed by atoms with Crippen LogP contribution in [0.5, 0.6) is 0 Å². The number of hydrogen-bond donors (Lipinski definition) is 1. The van der Waals surface area contributed by atoms with Crippen LogP contribution in [0, 0.1) is 5.92 Å². The maximum atomic E-state index is 12.8. The third-order valence-corrected chi connectivity index (χ3v) is 5.72. The highest BCUT2D eigenvalue weighted by Crippen LogP contribution is 2.40. The Bertz CT molecular complexity index is 465. The molecule has 1 aliphatic rings. The quantitative estimate of drug-likeness (QED) is 0.823. The molecule has 2 rings (SSSR count). The Hall–Kier alpha value is -0.680. The molecular weight excluding hydrogens is 295 g/mol. The predicted octanol–water partition coefficient (Wildman–Crippen LogP) is 5.23. The van der Waals surface area contributed by atoms with Gasteiger partial charge in [0.2, 0.25) is 0 Å². The number of benzene rings is 1. The molecule has 0 saturated heterocycles. The molecule has 1 fully saturated rings. The Morgan fingerprint density at radius 1 is 1.19 bits per heavy atom. The fourth-order valence-corrected chi connectivity index (χ4v) is 4.21. The molecule has 21 heavy (non-hydrogen) atoms. The highest BCUT2D eigenvalue weighted by atomic mass is 32.2. The van der Waals surface area contributed by atoms with Gasteiger partial charge >= 0.3 is 6.18 Å². The molecule has 0 unspecified atom stereocenters. The van der Waals surface area contributed by atoms with E-state index in [4.69, 9.17) is 5.73 Å². The number of halogens is 3. The summed E-state index contributed by atoms with van der Waals surface area (Å²) in [6.45, 7) is 2.49. The van der Waals surface area contributed by atoms with Gasteiger partial charge in [-0.05, 0) is 49.3 Å². The lowest BCUT2D eigenvalue weighted by atomic mass is 9.87. The van der Waals surface area contributed by atoms with Crippen LogP contribution in [-0.2, 0) is 12.7 Å². The maximum absolute atomic E-state index is 12.8. The van der Waals surface area contributed by atoms with Gasteiger partial charge in [-0.3, -0.25) is 0 Å². The second kappa shape index (κ2) is 7.05. The molecule has 1 aromatic rings. The standard InChI is InChI=1S/C16H22F3NS/c1-2-11-3-7-14(8-4-11)21-15-9-13(16(17,18)19)6-5-12(15)10-20/h5-6,9,11,14H,2-4,7-8,10,20H2,1H3. The van der Waals surface area contributed by atoms with Gasteiger partial charge in [-0.2, -0.15) is 13.2 Å². The zero-order chi connectivity index (χ0) is 15.5. The first-order valence-corrected chi connectivity index (χ1v) is 8.38. The van der Waals surface area contributed by atoms with Crippen molar-refractivity contribution in [2.75, 3.05) is 0 Å². The molecule has 0 heterocycles. The van der Waals surface area contributed by atoms with Gasteiger partial charge in [0, 0.05) is 16.7 Å². The first-order chi connectivity index (χ1) is 9.94.